The van der Waals surface area contributed by atoms with Gasteiger partial charge in [0.25, 0.3) is 0 Å². The molecule has 76 heavy (non-hydrogen) atoms. The minimum Gasteiger partial charge on any atom is -0.494 e. The van der Waals surface area contributed by atoms with E-state index in [2.05, 4.69) is 44.5 Å². The van der Waals surface area contributed by atoms with E-state index in [9.17, 15) is 9.59 Å². The second-order valence-electron chi connectivity index (χ2n) is 19.7. The molecule has 3 N–H and O–H groups in total. The molecule has 1 fully saturated rings. The number of carbonyl (C=O) groups is 2. The van der Waals surface area contributed by atoms with Crippen LogP contribution in [-0.2, 0) is 31.8 Å². The SMILES string of the molecule is CCOC(=O)N1CCc2c([nH]c3ccc(Cl)cc23)C1c1ccc(OCCCCCCN2CCOCC2)cc1.CCOC(=O)N1CCc2c([nH]c3ccc(Cl)cc23)C1c1ccc(OCCCCCCNCCCOC)cc1. The van der Waals surface area contributed by atoms with E-state index in [1.807, 2.05) is 84.3 Å². The van der Waals surface area contributed by atoms with Crippen LogP contribution in [0.1, 0.15) is 117 Å². The number of ether oxygens (including phenoxy) is 6. The molecular weight excluding hydrogens is 1000 g/mol. The number of amides is 2. The fourth-order valence-electron chi connectivity index (χ4n) is 10.7. The summed E-state index contributed by atoms with van der Waals surface area (Å²) in [7, 11) is 1.74. The lowest BCUT2D eigenvalue weighted by atomic mass is 9.92. The van der Waals surface area contributed by atoms with Crippen molar-refractivity contribution < 1.29 is 38.0 Å². The Morgan fingerprint density at radius 2 is 1.07 bits per heavy atom. The van der Waals surface area contributed by atoms with Crippen molar-refractivity contribution in [2.45, 2.75) is 96.6 Å². The summed E-state index contributed by atoms with van der Waals surface area (Å²) in [5.41, 5.74) is 8.54. The van der Waals surface area contributed by atoms with E-state index in [-0.39, 0.29) is 24.3 Å². The Labute approximate surface area is 458 Å². The molecule has 3 aliphatic rings. The quantitative estimate of drug-likeness (QED) is 0.0501. The van der Waals surface area contributed by atoms with Gasteiger partial charge >= 0.3 is 12.2 Å². The standard InChI is InChI=1S/C30H38ClN3O4.C30H40ClN3O4/c1-2-37-30(35)34-15-13-25-26-21-23(31)9-12-27(26)32-28(25)29(34)22-7-10-24(11-8-22)38-18-6-4-3-5-14-33-16-19-36-20-17-33;1-3-37-30(35)34-18-15-25-26-21-23(31)11-14-27(26)33-28(25)29(34)22-9-12-24(13-10-22)38-20-7-5-4-6-16-32-17-8-19-36-2/h7-12,21,29,32H,2-6,13-20H2,1H3;9-14,21,29,32-33H,3-8,15-20H2,1-2H3. The van der Waals surface area contributed by atoms with Crippen LogP contribution in [-0.4, -0.2) is 136 Å². The first-order chi connectivity index (χ1) is 37.3. The van der Waals surface area contributed by atoms with Crippen molar-refractivity contribution >= 4 is 57.2 Å². The molecule has 0 aliphatic carbocycles. The first-order valence-corrected chi connectivity index (χ1v) is 28.4. The Morgan fingerprint density at radius 1 is 0.592 bits per heavy atom. The third kappa shape index (κ3) is 15.2. The molecule has 14 nitrogen and oxygen atoms in total. The summed E-state index contributed by atoms with van der Waals surface area (Å²) in [5, 5.41) is 7.10. The average Bonchev–Trinajstić information content (AvgIpc) is 4.03. The first kappa shape index (κ1) is 56.7. The van der Waals surface area contributed by atoms with E-state index in [0.717, 1.165) is 140 Å². The minimum atomic E-state index is -0.301. The highest BCUT2D eigenvalue weighted by atomic mass is 35.5. The molecule has 0 saturated carbocycles. The van der Waals surface area contributed by atoms with Crippen molar-refractivity contribution in [2.75, 3.05) is 99.2 Å². The molecule has 9 rings (SSSR count). The average molecular weight is 1080 g/mol. The molecular formula is C60H78Cl2N6O8. The number of morpholine rings is 1. The number of benzene rings is 4. The van der Waals surface area contributed by atoms with Crippen LogP contribution in [0.15, 0.2) is 84.9 Å². The van der Waals surface area contributed by atoms with Crippen molar-refractivity contribution in [1.29, 1.82) is 0 Å². The topological polar surface area (TPSA) is 143 Å². The zero-order chi connectivity index (χ0) is 53.1. The zero-order valence-electron chi connectivity index (χ0n) is 44.8. The Hall–Kier alpha value is -5.48. The number of aromatic nitrogens is 2. The van der Waals surface area contributed by atoms with Crippen molar-refractivity contribution in [3.8, 4) is 11.5 Å². The minimum absolute atomic E-state index is 0.260. The van der Waals surface area contributed by atoms with E-state index >= 15 is 0 Å². The Morgan fingerprint density at radius 3 is 1.55 bits per heavy atom. The van der Waals surface area contributed by atoms with Crippen molar-refractivity contribution in [3.05, 3.63) is 129 Å². The molecule has 16 heteroatoms. The number of methoxy groups -OCH3 is 1. The molecule has 1 saturated heterocycles. The van der Waals surface area contributed by atoms with E-state index in [1.54, 1.807) is 7.11 Å². The number of H-pyrrole nitrogens is 2. The van der Waals surface area contributed by atoms with Crippen molar-refractivity contribution in [3.63, 3.8) is 0 Å². The predicted molar refractivity (Wildman–Crippen MR) is 303 cm³/mol. The van der Waals surface area contributed by atoms with Gasteiger partial charge in [-0.1, -0.05) is 73.2 Å². The number of aromatic amines is 2. The fourth-order valence-corrected chi connectivity index (χ4v) is 11.0. The molecule has 4 aromatic carbocycles. The largest absolute Gasteiger partial charge is 0.494 e. The summed E-state index contributed by atoms with van der Waals surface area (Å²) in [4.78, 5) is 39.0. The van der Waals surface area contributed by atoms with E-state index in [0.29, 0.717) is 49.6 Å². The van der Waals surface area contributed by atoms with Gasteiger partial charge in [-0.15, -0.1) is 0 Å². The number of carbonyl (C=O) groups excluding carboxylic acids is 2. The van der Waals surface area contributed by atoms with Gasteiger partial charge in [0.15, 0.2) is 0 Å². The fraction of sp³-hybridized carbons (Fsp3) is 0.500. The highest BCUT2D eigenvalue weighted by Gasteiger charge is 2.37. The van der Waals surface area contributed by atoms with Gasteiger partial charge in [-0.25, -0.2) is 9.59 Å². The number of nitrogens with zero attached hydrogens (tertiary/aromatic N) is 3. The van der Waals surface area contributed by atoms with E-state index in [4.69, 9.17) is 51.6 Å². The van der Waals surface area contributed by atoms with Gasteiger partial charge < -0.3 is 43.7 Å². The van der Waals surface area contributed by atoms with Crippen LogP contribution in [0.3, 0.4) is 0 Å². The van der Waals surface area contributed by atoms with Crippen LogP contribution in [0.4, 0.5) is 9.59 Å². The number of nitrogens with one attached hydrogen (secondary N) is 3. The lowest BCUT2D eigenvalue weighted by Gasteiger charge is -2.35. The third-order valence-electron chi connectivity index (χ3n) is 14.5. The molecule has 5 heterocycles. The molecule has 2 atom stereocenters. The van der Waals surface area contributed by atoms with Crippen LogP contribution in [0.5, 0.6) is 11.5 Å². The van der Waals surface area contributed by atoms with Gasteiger partial charge in [0.05, 0.1) is 39.6 Å². The highest BCUT2D eigenvalue weighted by Crippen LogP contribution is 2.41. The molecule has 3 aliphatic heterocycles. The van der Waals surface area contributed by atoms with Gasteiger partial charge in [0.1, 0.15) is 23.6 Å². The molecule has 0 bridgehead atoms. The maximum atomic E-state index is 12.9. The Kier molecular flexibility index (Phi) is 21.9. The highest BCUT2D eigenvalue weighted by molar-refractivity contribution is 6.31. The molecule has 2 aromatic heterocycles. The maximum absolute atomic E-state index is 12.9. The van der Waals surface area contributed by atoms with Crippen LogP contribution in [0.2, 0.25) is 10.0 Å². The second-order valence-corrected chi connectivity index (χ2v) is 20.6. The van der Waals surface area contributed by atoms with Gasteiger partial charge in [-0.2, -0.15) is 0 Å². The maximum Gasteiger partial charge on any atom is 0.410 e. The number of unbranched alkanes of at least 4 members (excludes halogenated alkanes) is 6. The van der Waals surface area contributed by atoms with Crippen LogP contribution in [0, 0.1) is 0 Å². The summed E-state index contributed by atoms with van der Waals surface area (Å²) in [6, 6.07) is 27.5. The van der Waals surface area contributed by atoms with Crippen molar-refractivity contribution in [2.24, 2.45) is 0 Å². The summed E-state index contributed by atoms with van der Waals surface area (Å²) < 4.78 is 33.3. The van der Waals surface area contributed by atoms with Gasteiger partial charge in [-0.3, -0.25) is 14.7 Å². The summed E-state index contributed by atoms with van der Waals surface area (Å²) in [6.07, 6.45) is 11.2. The molecule has 410 valence electrons. The normalized spacial score (nSPS) is 16.5. The molecule has 0 radical (unpaired) electrons. The number of halogens is 2. The molecule has 2 unspecified atom stereocenters. The van der Waals surface area contributed by atoms with Crippen LogP contribution in [0.25, 0.3) is 21.8 Å². The first-order valence-electron chi connectivity index (χ1n) is 27.7. The summed E-state index contributed by atoms with van der Waals surface area (Å²) in [5.74, 6) is 1.69. The lowest BCUT2D eigenvalue weighted by Crippen LogP contribution is -2.40. The number of hydrogen-bond donors (Lipinski definition) is 3. The summed E-state index contributed by atoms with van der Waals surface area (Å²) >= 11 is 12.6. The third-order valence-corrected chi connectivity index (χ3v) is 15.0. The van der Waals surface area contributed by atoms with Gasteiger partial charge in [0.2, 0.25) is 0 Å². The number of fused-ring (bicyclic) bond motifs is 6. The smallest absolute Gasteiger partial charge is 0.410 e. The molecule has 6 aromatic rings. The van der Waals surface area contributed by atoms with Crippen LogP contribution < -0.4 is 14.8 Å². The second kappa shape index (κ2) is 29.3. The summed E-state index contributed by atoms with van der Waals surface area (Å²) in [6.45, 7) is 14.8. The number of hydrogen-bond acceptors (Lipinski definition) is 10. The zero-order valence-corrected chi connectivity index (χ0v) is 46.3. The predicted octanol–water partition coefficient (Wildman–Crippen LogP) is 12.7. The number of rotatable bonds is 24. The Balaban J connectivity index is 0.000000201. The van der Waals surface area contributed by atoms with Gasteiger partial charge in [0, 0.05) is 83.1 Å². The van der Waals surface area contributed by atoms with Gasteiger partial charge in [-0.05, 0) is 161 Å². The van der Waals surface area contributed by atoms with Crippen molar-refractivity contribution in [1.82, 2.24) is 30.0 Å². The monoisotopic (exact) mass is 1080 g/mol. The molecule has 0 spiro atoms. The van der Waals surface area contributed by atoms with E-state index < -0.39 is 0 Å². The lowest BCUT2D eigenvalue weighted by molar-refractivity contribution is 0.0371. The van der Waals surface area contributed by atoms with Crippen LogP contribution >= 0.6 is 23.2 Å². The molecule has 2 amide bonds. The Bertz CT molecular complexity index is 2740. The van der Waals surface area contributed by atoms with E-state index in [1.165, 1.54) is 49.8 Å².